The monoisotopic (exact) mass is 196 g/mol. The van der Waals surface area contributed by atoms with Crippen LogP contribution in [0.25, 0.3) is 0 Å². The van der Waals surface area contributed by atoms with Crippen molar-refractivity contribution in [1.82, 2.24) is 9.78 Å². The number of aryl methyl sites for hydroxylation is 2. The van der Waals surface area contributed by atoms with Gasteiger partial charge < -0.3 is 5.11 Å². The van der Waals surface area contributed by atoms with Crippen LogP contribution in [0.1, 0.15) is 32.4 Å². The fraction of sp³-hybridized carbons (Fsp3) is 0.727. The van der Waals surface area contributed by atoms with E-state index >= 15 is 0 Å². The Bertz CT molecular complexity index is 268. The molecular weight excluding hydrogens is 176 g/mol. The van der Waals surface area contributed by atoms with E-state index < -0.39 is 0 Å². The summed E-state index contributed by atoms with van der Waals surface area (Å²) in [5, 5.41) is 13.7. The molecule has 1 rings (SSSR count). The van der Waals surface area contributed by atoms with Crippen LogP contribution < -0.4 is 0 Å². The van der Waals surface area contributed by atoms with E-state index in [1.54, 1.807) is 0 Å². The summed E-state index contributed by atoms with van der Waals surface area (Å²) in [7, 11) is 1.95. The quantitative estimate of drug-likeness (QED) is 0.779. The zero-order valence-corrected chi connectivity index (χ0v) is 9.27. The maximum Gasteiger partial charge on any atom is 0.0563 e. The topological polar surface area (TPSA) is 38.1 Å². The van der Waals surface area contributed by atoms with Crippen molar-refractivity contribution in [2.75, 3.05) is 0 Å². The third-order valence-electron chi connectivity index (χ3n) is 2.62. The van der Waals surface area contributed by atoms with E-state index in [-0.39, 0.29) is 6.10 Å². The summed E-state index contributed by atoms with van der Waals surface area (Å²) in [5.74, 6) is 0.363. The van der Waals surface area contributed by atoms with Gasteiger partial charge in [-0.15, -0.1) is 0 Å². The number of hydrogen-bond donors (Lipinski definition) is 1. The Balaban J connectivity index is 2.25. The molecule has 1 aromatic rings. The van der Waals surface area contributed by atoms with Crippen LogP contribution in [0.5, 0.6) is 0 Å². The van der Waals surface area contributed by atoms with Gasteiger partial charge in [0.2, 0.25) is 0 Å². The zero-order chi connectivity index (χ0) is 10.6. The minimum Gasteiger partial charge on any atom is -0.393 e. The number of aliphatic hydroxyl groups is 1. The maximum absolute atomic E-state index is 9.60. The summed E-state index contributed by atoms with van der Waals surface area (Å²) >= 11 is 0. The summed E-state index contributed by atoms with van der Waals surface area (Å²) in [6.45, 7) is 4.10. The molecule has 0 aromatic carbocycles. The van der Waals surface area contributed by atoms with Gasteiger partial charge in [-0.1, -0.05) is 13.8 Å². The van der Waals surface area contributed by atoms with Crippen LogP contribution in [0.3, 0.4) is 0 Å². The molecule has 3 nitrogen and oxygen atoms in total. The van der Waals surface area contributed by atoms with Gasteiger partial charge in [-0.05, 0) is 31.2 Å². The Kier molecular flexibility index (Phi) is 4.14. The second-order valence-electron chi connectivity index (χ2n) is 4.15. The Labute approximate surface area is 85.8 Å². The average molecular weight is 196 g/mol. The largest absolute Gasteiger partial charge is 0.393 e. The Morgan fingerprint density at radius 1 is 1.50 bits per heavy atom. The lowest BCUT2D eigenvalue weighted by atomic mass is 10.0. The molecule has 0 radical (unpaired) electrons. The number of aromatic nitrogens is 2. The fourth-order valence-electron chi connectivity index (χ4n) is 1.47. The molecule has 3 heteroatoms. The predicted molar refractivity (Wildman–Crippen MR) is 57.0 cm³/mol. The molecule has 80 valence electrons. The summed E-state index contributed by atoms with van der Waals surface area (Å²) in [4.78, 5) is 0. The highest BCUT2D eigenvalue weighted by atomic mass is 16.3. The van der Waals surface area contributed by atoms with Crippen molar-refractivity contribution in [2.24, 2.45) is 13.0 Å². The van der Waals surface area contributed by atoms with Gasteiger partial charge in [-0.25, -0.2) is 0 Å². The fourth-order valence-corrected chi connectivity index (χ4v) is 1.47. The first-order valence-electron chi connectivity index (χ1n) is 5.26. The summed E-state index contributed by atoms with van der Waals surface area (Å²) in [6, 6.07) is 2.03. The lowest BCUT2D eigenvalue weighted by Gasteiger charge is -2.13. The molecule has 0 bridgehead atoms. The van der Waals surface area contributed by atoms with E-state index in [0.717, 1.165) is 19.3 Å². The van der Waals surface area contributed by atoms with Crippen LogP contribution in [-0.4, -0.2) is 21.0 Å². The SMILES string of the molecule is CC(C)C(O)CCCc1ccnn1C. The Morgan fingerprint density at radius 2 is 2.21 bits per heavy atom. The highest BCUT2D eigenvalue weighted by Gasteiger charge is 2.08. The highest BCUT2D eigenvalue weighted by molar-refractivity contribution is 4.99. The molecule has 1 aromatic heterocycles. The Morgan fingerprint density at radius 3 is 2.71 bits per heavy atom. The van der Waals surface area contributed by atoms with Gasteiger partial charge in [0.1, 0.15) is 0 Å². The van der Waals surface area contributed by atoms with Crippen LogP contribution >= 0.6 is 0 Å². The molecule has 14 heavy (non-hydrogen) atoms. The summed E-state index contributed by atoms with van der Waals surface area (Å²) in [6.07, 6.45) is 4.55. The van der Waals surface area contributed by atoms with Crippen molar-refractivity contribution in [3.05, 3.63) is 18.0 Å². The minimum absolute atomic E-state index is 0.164. The Hall–Kier alpha value is -0.830. The summed E-state index contributed by atoms with van der Waals surface area (Å²) < 4.78 is 1.89. The van der Waals surface area contributed by atoms with Crippen molar-refractivity contribution in [3.8, 4) is 0 Å². The number of nitrogens with zero attached hydrogens (tertiary/aromatic N) is 2. The van der Waals surface area contributed by atoms with Gasteiger partial charge >= 0.3 is 0 Å². The van der Waals surface area contributed by atoms with E-state index in [2.05, 4.69) is 18.9 Å². The predicted octanol–water partition coefficient (Wildman–Crippen LogP) is 1.76. The molecule has 1 atom stereocenters. The first-order chi connectivity index (χ1) is 6.61. The number of aliphatic hydroxyl groups excluding tert-OH is 1. The smallest absolute Gasteiger partial charge is 0.0563 e. The van der Waals surface area contributed by atoms with E-state index in [1.165, 1.54) is 5.69 Å². The molecule has 0 amide bonds. The maximum atomic E-state index is 9.60. The van der Waals surface area contributed by atoms with Gasteiger partial charge in [-0.2, -0.15) is 5.10 Å². The number of rotatable bonds is 5. The molecule has 0 aliphatic carbocycles. The van der Waals surface area contributed by atoms with Crippen molar-refractivity contribution in [3.63, 3.8) is 0 Å². The lowest BCUT2D eigenvalue weighted by Crippen LogP contribution is -2.14. The molecule has 1 unspecified atom stereocenters. The van der Waals surface area contributed by atoms with Gasteiger partial charge in [-0.3, -0.25) is 4.68 Å². The molecule has 1 N–H and O–H groups in total. The van der Waals surface area contributed by atoms with E-state index in [0.29, 0.717) is 5.92 Å². The van der Waals surface area contributed by atoms with Crippen molar-refractivity contribution in [1.29, 1.82) is 0 Å². The lowest BCUT2D eigenvalue weighted by molar-refractivity contribution is 0.114. The second-order valence-corrected chi connectivity index (χ2v) is 4.15. The second kappa shape index (κ2) is 5.15. The standard InChI is InChI=1S/C11H20N2O/c1-9(2)11(14)6-4-5-10-7-8-12-13(10)3/h7-9,11,14H,4-6H2,1-3H3. The van der Waals surface area contributed by atoms with E-state index in [9.17, 15) is 5.11 Å². The first kappa shape index (κ1) is 11.2. The number of hydrogen-bond acceptors (Lipinski definition) is 2. The van der Waals surface area contributed by atoms with Crippen molar-refractivity contribution < 1.29 is 5.11 Å². The normalized spacial score (nSPS) is 13.5. The van der Waals surface area contributed by atoms with E-state index in [1.807, 2.05) is 24.0 Å². The molecular formula is C11H20N2O. The van der Waals surface area contributed by atoms with Crippen molar-refractivity contribution >= 4 is 0 Å². The van der Waals surface area contributed by atoms with Gasteiger partial charge in [0, 0.05) is 18.9 Å². The highest BCUT2D eigenvalue weighted by Crippen LogP contribution is 2.10. The minimum atomic E-state index is -0.164. The molecule has 0 saturated carbocycles. The third-order valence-corrected chi connectivity index (χ3v) is 2.62. The van der Waals surface area contributed by atoms with Gasteiger partial charge in [0.25, 0.3) is 0 Å². The molecule has 0 saturated heterocycles. The zero-order valence-electron chi connectivity index (χ0n) is 9.27. The van der Waals surface area contributed by atoms with E-state index in [4.69, 9.17) is 0 Å². The van der Waals surface area contributed by atoms with Crippen LogP contribution in [-0.2, 0) is 13.5 Å². The molecule has 0 fully saturated rings. The van der Waals surface area contributed by atoms with Crippen LogP contribution in [0.2, 0.25) is 0 Å². The van der Waals surface area contributed by atoms with Crippen molar-refractivity contribution in [2.45, 2.75) is 39.2 Å². The molecule has 0 aliphatic rings. The molecule has 0 aliphatic heterocycles. The molecule has 1 heterocycles. The molecule has 0 spiro atoms. The summed E-state index contributed by atoms with van der Waals surface area (Å²) in [5.41, 5.74) is 1.24. The van der Waals surface area contributed by atoms with Gasteiger partial charge in [0.15, 0.2) is 0 Å². The van der Waals surface area contributed by atoms with Crippen LogP contribution in [0.15, 0.2) is 12.3 Å². The first-order valence-corrected chi connectivity index (χ1v) is 5.26. The average Bonchev–Trinajstić information content (AvgIpc) is 2.51. The third kappa shape index (κ3) is 3.14. The van der Waals surface area contributed by atoms with Crippen LogP contribution in [0, 0.1) is 5.92 Å². The van der Waals surface area contributed by atoms with Crippen LogP contribution in [0.4, 0.5) is 0 Å². The van der Waals surface area contributed by atoms with Gasteiger partial charge in [0.05, 0.1) is 6.10 Å².